The predicted octanol–water partition coefficient (Wildman–Crippen LogP) is -1.02. The monoisotopic (exact) mass is 407 g/mol. The van der Waals surface area contributed by atoms with Gasteiger partial charge in [0.15, 0.2) is 0 Å². The highest BCUT2D eigenvalue weighted by molar-refractivity contribution is 7.80. The van der Waals surface area contributed by atoms with E-state index >= 15 is 0 Å². The van der Waals surface area contributed by atoms with Crippen LogP contribution in [-0.4, -0.2) is 85.0 Å². The Morgan fingerprint density at radius 1 is 1.19 bits per heavy atom. The SMILES string of the molecule is O=C(NOC1CC2OCCOC2C1)C1CCC2CN1C(=O)N2OS(=O)(=O)O. The van der Waals surface area contributed by atoms with E-state index in [-0.39, 0.29) is 24.9 Å². The number of hydrogen-bond acceptors (Lipinski definition) is 8. The maximum Gasteiger partial charge on any atom is 0.418 e. The lowest BCUT2D eigenvalue weighted by Crippen LogP contribution is -2.50. The van der Waals surface area contributed by atoms with Gasteiger partial charge in [0, 0.05) is 19.4 Å². The molecule has 4 atom stereocenters. The number of nitrogens with one attached hydrogen (secondary N) is 1. The van der Waals surface area contributed by atoms with Crippen molar-refractivity contribution in [2.45, 2.75) is 56.1 Å². The molecule has 3 saturated heterocycles. The Bertz CT molecular complexity index is 703. The molecule has 1 saturated carbocycles. The van der Waals surface area contributed by atoms with Gasteiger partial charge in [-0.2, -0.15) is 13.5 Å². The summed E-state index contributed by atoms with van der Waals surface area (Å²) in [6, 6.07) is -2.14. The lowest BCUT2D eigenvalue weighted by Gasteiger charge is -2.29. The third kappa shape index (κ3) is 3.88. The zero-order valence-electron chi connectivity index (χ0n) is 14.4. The van der Waals surface area contributed by atoms with Gasteiger partial charge in [0.25, 0.3) is 5.91 Å². The summed E-state index contributed by atoms with van der Waals surface area (Å²) in [5, 5.41) is 0.597. The van der Waals surface area contributed by atoms with Gasteiger partial charge in [0.05, 0.1) is 37.6 Å². The number of hydrogen-bond donors (Lipinski definition) is 2. The third-order valence-electron chi connectivity index (χ3n) is 5.28. The van der Waals surface area contributed by atoms with Crippen LogP contribution in [0.2, 0.25) is 0 Å². The highest BCUT2D eigenvalue weighted by Gasteiger charge is 2.49. The Morgan fingerprint density at radius 3 is 2.48 bits per heavy atom. The summed E-state index contributed by atoms with van der Waals surface area (Å²) in [6.45, 7) is 1.22. The number of carbonyl (C=O) groups is 2. The molecule has 4 rings (SSSR count). The number of carbonyl (C=O) groups excluding carboxylic acids is 2. The average Bonchev–Trinajstić information content (AvgIpc) is 3.14. The smallest absolute Gasteiger partial charge is 0.373 e. The van der Waals surface area contributed by atoms with Gasteiger partial charge in [-0.3, -0.25) is 14.2 Å². The summed E-state index contributed by atoms with van der Waals surface area (Å²) in [7, 11) is -4.82. The molecule has 12 nitrogen and oxygen atoms in total. The fourth-order valence-corrected chi connectivity index (χ4v) is 4.47. The van der Waals surface area contributed by atoms with Gasteiger partial charge in [-0.1, -0.05) is 0 Å². The van der Waals surface area contributed by atoms with Gasteiger partial charge in [-0.25, -0.2) is 10.3 Å². The van der Waals surface area contributed by atoms with Crippen LogP contribution in [0.4, 0.5) is 4.79 Å². The van der Waals surface area contributed by atoms with Crippen LogP contribution in [0.25, 0.3) is 0 Å². The normalized spacial score (nSPS) is 36.0. The molecule has 0 aromatic rings. The molecular formula is C14H21N3O9S. The Kier molecular flexibility index (Phi) is 4.98. The molecular weight excluding hydrogens is 386 g/mol. The summed E-state index contributed by atoms with van der Waals surface area (Å²) < 4.78 is 46.1. The number of amides is 3. The van der Waals surface area contributed by atoms with Crippen LogP contribution < -0.4 is 5.48 Å². The number of fused-ring (bicyclic) bond motifs is 3. The summed E-state index contributed by atoms with van der Waals surface area (Å²) in [4.78, 5) is 31.5. The van der Waals surface area contributed by atoms with Gasteiger partial charge < -0.3 is 14.4 Å². The molecule has 152 valence electrons. The van der Waals surface area contributed by atoms with Crippen LogP contribution >= 0.6 is 0 Å². The number of nitrogens with zero attached hydrogens (tertiary/aromatic N) is 2. The molecule has 13 heteroatoms. The first-order valence-corrected chi connectivity index (χ1v) is 10.1. The summed E-state index contributed by atoms with van der Waals surface area (Å²) in [5.41, 5.74) is 2.40. The molecule has 1 aliphatic carbocycles. The van der Waals surface area contributed by atoms with Crippen LogP contribution in [-0.2, 0) is 33.8 Å². The zero-order chi connectivity index (χ0) is 19.2. The van der Waals surface area contributed by atoms with Crippen LogP contribution in [0.3, 0.4) is 0 Å². The Labute approximate surface area is 155 Å². The minimum atomic E-state index is -4.82. The fraction of sp³-hybridized carbons (Fsp3) is 0.857. The van der Waals surface area contributed by atoms with Crippen molar-refractivity contribution >= 4 is 22.3 Å². The quantitative estimate of drug-likeness (QED) is 0.432. The van der Waals surface area contributed by atoms with Crippen molar-refractivity contribution in [2.75, 3.05) is 19.8 Å². The molecule has 4 fully saturated rings. The van der Waals surface area contributed by atoms with Gasteiger partial charge in [-0.05, 0) is 12.8 Å². The Hall–Kier alpha value is -1.51. The van der Waals surface area contributed by atoms with Crippen molar-refractivity contribution in [3.8, 4) is 0 Å². The third-order valence-corrected chi connectivity index (χ3v) is 5.63. The van der Waals surface area contributed by atoms with E-state index in [1.165, 1.54) is 4.90 Å². The Balaban J connectivity index is 1.32. The molecule has 4 aliphatic rings. The summed E-state index contributed by atoms with van der Waals surface area (Å²) >= 11 is 0. The minimum Gasteiger partial charge on any atom is -0.373 e. The second-order valence-corrected chi connectivity index (χ2v) is 8.01. The second-order valence-electron chi connectivity index (χ2n) is 7.01. The van der Waals surface area contributed by atoms with Crippen molar-refractivity contribution < 1.29 is 41.2 Å². The van der Waals surface area contributed by atoms with Crippen LogP contribution in [0.15, 0.2) is 0 Å². The van der Waals surface area contributed by atoms with Gasteiger partial charge in [0.2, 0.25) is 0 Å². The van der Waals surface area contributed by atoms with E-state index in [1.807, 2.05) is 0 Å². The number of ether oxygens (including phenoxy) is 2. The van der Waals surface area contributed by atoms with Crippen molar-refractivity contribution in [2.24, 2.45) is 0 Å². The van der Waals surface area contributed by atoms with E-state index in [0.29, 0.717) is 44.0 Å². The zero-order valence-corrected chi connectivity index (χ0v) is 15.2. The first kappa shape index (κ1) is 18.8. The summed E-state index contributed by atoms with van der Waals surface area (Å²) in [6.07, 6.45) is 1.56. The van der Waals surface area contributed by atoms with Gasteiger partial charge in [-0.15, -0.1) is 4.28 Å². The first-order valence-electron chi connectivity index (χ1n) is 8.77. The molecule has 2 N–H and O–H groups in total. The lowest BCUT2D eigenvalue weighted by molar-refractivity contribution is -0.143. The number of rotatable bonds is 5. The molecule has 4 unspecified atom stereocenters. The number of urea groups is 1. The van der Waals surface area contributed by atoms with Crippen molar-refractivity contribution in [1.29, 1.82) is 0 Å². The van der Waals surface area contributed by atoms with E-state index in [9.17, 15) is 18.0 Å². The minimum absolute atomic E-state index is 0.0395. The maximum atomic E-state index is 12.5. The number of piperidine rings is 1. The molecule has 3 amide bonds. The van der Waals surface area contributed by atoms with Gasteiger partial charge >= 0.3 is 16.4 Å². The van der Waals surface area contributed by atoms with Crippen LogP contribution in [0.1, 0.15) is 25.7 Å². The van der Waals surface area contributed by atoms with Crippen LogP contribution in [0.5, 0.6) is 0 Å². The highest BCUT2D eigenvalue weighted by atomic mass is 32.3. The van der Waals surface area contributed by atoms with Crippen molar-refractivity contribution in [1.82, 2.24) is 15.4 Å². The fourth-order valence-electron chi connectivity index (χ4n) is 4.08. The average molecular weight is 407 g/mol. The molecule has 3 heterocycles. The Morgan fingerprint density at radius 2 is 1.85 bits per heavy atom. The van der Waals surface area contributed by atoms with E-state index in [2.05, 4.69) is 9.76 Å². The van der Waals surface area contributed by atoms with E-state index in [0.717, 1.165) is 0 Å². The van der Waals surface area contributed by atoms with Crippen molar-refractivity contribution in [3.05, 3.63) is 0 Å². The molecule has 0 radical (unpaired) electrons. The largest absolute Gasteiger partial charge is 0.418 e. The molecule has 27 heavy (non-hydrogen) atoms. The van der Waals surface area contributed by atoms with E-state index in [1.54, 1.807) is 0 Å². The second kappa shape index (κ2) is 7.14. The standard InChI is InChI=1S/C14H21N3O9S/c18-13(15-25-9-5-11-12(6-9)24-4-3-23-11)10-2-1-8-7-16(10)14(19)17(8)26-27(20,21)22/h8-12H,1-7H2,(H,15,18)(H,20,21,22). The molecule has 3 aliphatic heterocycles. The first-order chi connectivity index (χ1) is 12.8. The van der Waals surface area contributed by atoms with Gasteiger partial charge in [0.1, 0.15) is 6.04 Å². The maximum absolute atomic E-state index is 12.5. The topological polar surface area (TPSA) is 144 Å². The van der Waals surface area contributed by atoms with Crippen LogP contribution in [0, 0.1) is 0 Å². The van der Waals surface area contributed by atoms with E-state index < -0.39 is 34.4 Å². The predicted molar refractivity (Wildman–Crippen MR) is 85.1 cm³/mol. The molecule has 0 spiro atoms. The molecule has 0 aromatic heterocycles. The van der Waals surface area contributed by atoms with Crippen molar-refractivity contribution in [3.63, 3.8) is 0 Å². The van der Waals surface area contributed by atoms with E-state index in [4.69, 9.17) is 18.9 Å². The molecule has 2 bridgehead atoms. The molecule has 0 aromatic carbocycles. The highest BCUT2D eigenvalue weighted by Crippen LogP contribution is 2.32. The number of hydroxylamine groups is 3. The lowest BCUT2D eigenvalue weighted by atomic mass is 10.0. The summed E-state index contributed by atoms with van der Waals surface area (Å²) in [5.74, 6) is -0.493.